The SMILES string of the molecule is O=c1c(-c2ccccc2)c(O)[n+](CC(F)(F)F)c2n1C(c1ccc(Cl)nc1)CC2. The number of benzene rings is 1. The van der Waals surface area contributed by atoms with Gasteiger partial charge in [0.25, 0.3) is 11.7 Å². The van der Waals surface area contributed by atoms with Crippen LogP contribution in [0.3, 0.4) is 0 Å². The lowest BCUT2D eigenvalue weighted by Gasteiger charge is -2.15. The molecule has 1 aromatic carbocycles. The number of fused-ring (bicyclic) bond motifs is 1. The molecule has 0 saturated heterocycles. The first-order valence-electron chi connectivity index (χ1n) is 8.90. The van der Waals surface area contributed by atoms with Crippen LogP contribution in [0, 0.1) is 0 Å². The van der Waals surface area contributed by atoms with Gasteiger partial charge in [-0.15, -0.1) is 0 Å². The zero-order valence-corrected chi connectivity index (χ0v) is 15.8. The number of halogens is 4. The molecule has 2 aromatic heterocycles. The zero-order valence-electron chi connectivity index (χ0n) is 15.0. The Morgan fingerprint density at radius 2 is 1.93 bits per heavy atom. The first kappa shape index (κ1) is 19.4. The molecule has 0 aliphatic carbocycles. The molecule has 3 aromatic rings. The molecular weight excluding hydrogens is 407 g/mol. The Labute approximate surface area is 168 Å². The van der Waals surface area contributed by atoms with E-state index >= 15 is 0 Å². The molecule has 1 aliphatic rings. The molecular formula is C20H16ClF3N3O2+. The highest BCUT2D eigenvalue weighted by molar-refractivity contribution is 6.29. The average Bonchev–Trinajstić information content (AvgIpc) is 3.11. The summed E-state index contributed by atoms with van der Waals surface area (Å²) in [5.74, 6) is -0.552. The van der Waals surface area contributed by atoms with Gasteiger partial charge in [0.05, 0.1) is 6.42 Å². The summed E-state index contributed by atoms with van der Waals surface area (Å²) in [4.78, 5) is 17.3. The van der Waals surface area contributed by atoms with Gasteiger partial charge in [0.15, 0.2) is 12.1 Å². The molecule has 5 nitrogen and oxygen atoms in total. The maximum atomic E-state index is 13.3. The summed E-state index contributed by atoms with van der Waals surface area (Å²) >= 11 is 5.83. The summed E-state index contributed by atoms with van der Waals surface area (Å²) in [6.07, 6.45) is -2.43. The molecule has 0 bridgehead atoms. The fraction of sp³-hybridized carbons (Fsp3) is 0.250. The first-order valence-corrected chi connectivity index (χ1v) is 9.28. The van der Waals surface area contributed by atoms with Gasteiger partial charge in [-0.2, -0.15) is 22.3 Å². The number of pyridine rings is 1. The number of alkyl halides is 3. The van der Waals surface area contributed by atoms with E-state index in [1.807, 2.05) is 0 Å². The van der Waals surface area contributed by atoms with Gasteiger partial charge in [-0.05, 0) is 11.6 Å². The van der Waals surface area contributed by atoms with Crippen molar-refractivity contribution in [2.45, 2.75) is 31.6 Å². The van der Waals surface area contributed by atoms with Gasteiger partial charge in [-0.25, -0.2) is 9.78 Å². The first-order chi connectivity index (χ1) is 13.8. The van der Waals surface area contributed by atoms with Gasteiger partial charge in [0.2, 0.25) is 0 Å². The summed E-state index contributed by atoms with van der Waals surface area (Å²) in [5, 5.41) is 10.9. The van der Waals surface area contributed by atoms with E-state index in [2.05, 4.69) is 4.98 Å². The molecule has 0 fully saturated rings. The summed E-state index contributed by atoms with van der Waals surface area (Å²) in [7, 11) is 0. The monoisotopic (exact) mass is 422 g/mol. The molecule has 0 spiro atoms. The molecule has 1 aliphatic heterocycles. The number of aromatic nitrogens is 3. The number of rotatable bonds is 3. The van der Waals surface area contributed by atoms with Crippen molar-refractivity contribution in [1.82, 2.24) is 9.55 Å². The Bertz CT molecular complexity index is 1110. The van der Waals surface area contributed by atoms with E-state index < -0.39 is 30.2 Å². The molecule has 1 N–H and O–H groups in total. The number of hydrogen-bond donors (Lipinski definition) is 1. The molecule has 29 heavy (non-hydrogen) atoms. The van der Waals surface area contributed by atoms with E-state index in [1.165, 1.54) is 10.8 Å². The Hall–Kier alpha value is -2.87. The second-order valence-electron chi connectivity index (χ2n) is 6.83. The highest BCUT2D eigenvalue weighted by atomic mass is 35.5. The smallest absolute Gasteiger partial charge is 0.426 e. The minimum absolute atomic E-state index is 0.129. The molecule has 150 valence electrons. The quantitative estimate of drug-likeness (QED) is 0.517. The lowest BCUT2D eigenvalue weighted by Crippen LogP contribution is -2.49. The molecule has 0 radical (unpaired) electrons. The molecule has 0 saturated carbocycles. The molecule has 9 heteroatoms. The Morgan fingerprint density at radius 1 is 1.21 bits per heavy atom. The minimum atomic E-state index is -4.56. The third kappa shape index (κ3) is 3.60. The van der Waals surface area contributed by atoms with Crippen molar-refractivity contribution in [2.24, 2.45) is 0 Å². The van der Waals surface area contributed by atoms with E-state index in [1.54, 1.807) is 42.5 Å². The van der Waals surface area contributed by atoms with Gasteiger partial charge in [0, 0.05) is 18.2 Å². The fourth-order valence-corrected chi connectivity index (χ4v) is 3.91. The van der Waals surface area contributed by atoms with Crippen molar-refractivity contribution in [1.29, 1.82) is 0 Å². The Morgan fingerprint density at radius 3 is 2.55 bits per heavy atom. The van der Waals surface area contributed by atoms with Crippen LogP contribution in [0.1, 0.15) is 23.9 Å². The topological polar surface area (TPSA) is 59.0 Å². The Balaban J connectivity index is 1.98. The zero-order chi connectivity index (χ0) is 20.8. The van der Waals surface area contributed by atoms with Crippen LogP contribution in [0.2, 0.25) is 5.15 Å². The maximum Gasteiger partial charge on any atom is 0.426 e. The van der Waals surface area contributed by atoms with Gasteiger partial charge >= 0.3 is 11.7 Å². The van der Waals surface area contributed by atoms with E-state index in [-0.39, 0.29) is 23.0 Å². The third-order valence-electron chi connectivity index (χ3n) is 4.99. The van der Waals surface area contributed by atoms with E-state index in [0.717, 1.165) is 4.57 Å². The highest BCUT2D eigenvalue weighted by Gasteiger charge is 2.42. The Kier molecular flexibility index (Phi) is 4.82. The largest absolute Gasteiger partial charge is 0.477 e. The van der Waals surface area contributed by atoms with Crippen molar-refractivity contribution in [3.8, 4) is 17.0 Å². The predicted molar refractivity (Wildman–Crippen MR) is 99.8 cm³/mol. The third-order valence-corrected chi connectivity index (χ3v) is 5.21. The van der Waals surface area contributed by atoms with Crippen LogP contribution in [0.4, 0.5) is 13.2 Å². The molecule has 1 unspecified atom stereocenters. The summed E-state index contributed by atoms with van der Waals surface area (Å²) < 4.78 is 41.9. The molecule has 3 heterocycles. The fourth-order valence-electron chi connectivity index (χ4n) is 3.80. The van der Waals surface area contributed by atoms with E-state index in [0.29, 0.717) is 17.5 Å². The second-order valence-corrected chi connectivity index (χ2v) is 7.21. The van der Waals surface area contributed by atoms with E-state index in [9.17, 15) is 23.1 Å². The van der Waals surface area contributed by atoms with Crippen molar-refractivity contribution in [2.75, 3.05) is 0 Å². The standard InChI is InChI=1S/C20H15ClF3N3O2/c21-15-8-6-13(10-25-15)14-7-9-16-26(11-20(22,23)24)18(28)17(19(29)27(14)16)12-4-2-1-3-5-12/h1-6,8,10,14H,7,9,11H2/p+1. The lowest BCUT2D eigenvalue weighted by molar-refractivity contribution is -0.733. The molecule has 0 amide bonds. The van der Waals surface area contributed by atoms with Crippen LogP contribution in [-0.4, -0.2) is 20.8 Å². The van der Waals surface area contributed by atoms with Gasteiger partial charge in [0.1, 0.15) is 11.2 Å². The van der Waals surface area contributed by atoms with E-state index in [4.69, 9.17) is 11.6 Å². The molecule has 4 rings (SSSR count). The van der Waals surface area contributed by atoms with Crippen LogP contribution < -0.4 is 10.1 Å². The number of nitrogens with zero attached hydrogens (tertiary/aromatic N) is 3. The van der Waals surface area contributed by atoms with Crippen molar-refractivity contribution in [3.63, 3.8) is 0 Å². The van der Waals surface area contributed by atoms with Crippen LogP contribution in [0.25, 0.3) is 11.1 Å². The van der Waals surface area contributed by atoms with Crippen molar-refractivity contribution in [3.05, 3.63) is 75.6 Å². The van der Waals surface area contributed by atoms with Crippen LogP contribution in [0.15, 0.2) is 53.5 Å². The maximum absolute atomic E-state index is 13.3. The summed E-state index contributed by atoms with van der Waals surface area (Å²) in [6.45, 7) is -1.39. The average molecular weight is 423 g/mol. The van der Waals surface area contributed by atoms with Crippen LogP contribution in [0.5, 0.6) is 5.88 Å². The van der Waals surface area contributed by atoms with Crippen molar-refractivity contribution < 1.29 is 22.8 Å². The molecule has 1 atom stereocenters. The van der Waals surface area contributed by atoms with Gasteiger partial charge in [-0.1, -0.05) is 48.0 Å². The minimum Gasteiger partial charge on any atom is -0.477 e. The second kappa shape index (κ2) is 7.18. The number of hydrogen-bond acceptors (Lipinski definition) is 3. The summed E-state index contributed by atoms with van der Waals surface area (Å²) in [6, 6.07) is 11.0. The summed E-state index contributed by atoms with van der Waals surface area (Å²) in [5.41, 5.74) is 0.312. The lowest BCUT2D eigenvalue weighted by atomic mass is 10.1. The van der Waals surface area contributed by atoms with Gasteiger partial charge in [-0.3, -0.25) is 0 Å². The van der Waals surface area contributed by atoms with Crippen LogP contribution in [-0.2, 0) is 13.0 Å². The van der Waals surface area contributed by atoms with Crippen molar-refractivity contribution >= 4 is 11.6 Å². The predicted octanol–water partition coefficient (Wildman–Crippen LogP) is 3.65. The van der Waals surface area contributed by atoms with Gasteiger partial charge < -0.3 is 5.11 Å². The number of aromatic hydroxyl groups is 1. The highest BCUT2D eigenvalue weighted by Crippen LogP contribution is 2.33. The normalized spacial score (nSPS) is 16.1. The van der Waals surface area contributed by atoms with Crippen LogP contribution >= 0.6 is 11.6 Å².